The first-order valence-electron chi connectivity index (χ1n) is 13.5. The zero-order valence-electron chi connectivity index (χ0n) is 22.1. The van der Waals surface area contributed by atoms with Crippen LogP contribution >= 0.6 is 23.2 Å². The lowest BCUT2D eigenvalue weighted by molar-refractivity contribution is -0.151. The summed E-state index contributed by atoms with van der Waals surface area (Å²) in [6, 6.07) is 13.2. The molecule has 0 unspecified atom stereocenters. The van der Waals surface area contributed by atoms with Crippen LogP contribution in [0, 0.1) is 5.92 Å². The summed E-state index contributed by atoms with van der Waals surface area (Å²) < 4.78 is 11.9. The predicted molar refractivity (Wildman–Crippen MR) is 149 cm³/mol. The monoisotopic (exact) mass is 558 g/mol. The number of halogens is 2. The average Bonchev–Trinajstić information content (AvgIpc) is 3.70. The summed E-state index contributed by atoms with van der Waals surface area (Å²) in [5, 5.41) is 4.23. The van der Waals surface area contributed by atoms with E-state index in [1.807, 2.05) is 31.4 Å². The average molecular weight is 560 g/mol. The lowest BCUT2D eigenvalue weighted by Gasteiger charge is -2.60. The normalized spacial score (nSPS) is 27.4. The maximum Gasteiger partial charge on any atom is 0.308 e. The van der Waals surface area contributed by atoms with Gasteiger partial charge in [-0.15, -0.1) is 0 Å². The van der Waals surface area contributed by atoms with Gasteiger partial charge in [0.05, 0.1) is 22.1 Å². The van der Waals surface area contributed by atoms with E-state index in [0.717, 1.165) is 62.4 Å². The Bertz CT molecular complexity index is 1200. The second kappa shape index (κ2) is 11.2. The van der Waals surface area contributed by atoms with Crippen molar-refractivity contribution in [2.45, 2.75) is 68.9 Å². The molecule has 0 radical (unpaired) electrons. The van der Waals surface area contributed by atoms with Crippen LogP contribution in [0.1, 0.15) is 56.6 Å². The topological polar surface area (TPSA) is 67.9 Å². The van der Waals surface area contributed by atoms with Gasteiger partial charge in [-0.25, -0.2) is 0 Å². The number of likely N-dealkylation sites (tertiary alicyclic amines) is 1. The highest BCUT2D eigenvalue weighted by atomic mass is 35.5. The number of fused-ring (bicyclic) bond motifs is 1. The maximum atomic E-state index is 13.1. The number of hydrogen-bond acceptors (Lipinski definition) is 5. The molecular formula is C30H36Cl2N2O4. The number of esters is 1. The van der Waals surface area contributed by atoms with E-state index >= 15 is 0 Å². The lowest BCUT2D eigenvalue weighted by atomic mass is 9.55. The smallest absolute Gasteiger partial charge is 0.308 e. The fraction of sp³-hybridized carbons (Fsp3) is 0.533. The molecule has 2 aromatic carbocycles. The largest absolute Gasteiger partial charge is 0.427 e. The zero-order valence-corrected chi connectivity index (χ0v) is 23.6. The van der Waals surface area contributed by atoms with Crippen LogP contribution in [0.15, 0.2) is 42.5 Å². The highest BCUT2D eigenvalue weighted by molar-refractivity contribution is 6.42. The Kier molecular flexibility index (Phi) is 8.07. The molecule has 3 aliphatic rings. The molecule has 1 saturated heterocycles. The Morgan fingerprint density at radius 3 is 2.61 bits per heavy atom. The van der Waals surface area contributed by atoms with E-state index in [1.165, 1.54) is 19.8 Å². The highest BCUT2D eigenvalue weighted by Crippen LogP contribution is 2.54. The minimum atomic E-state index is -0.389. The molecule has 1 amide bonds. The van der Waals surface area contributed by atoms with Gasteiger partial charge in [0.1, 0.15) is 5.75 Å². The SMILES string of the molecule is CO[C@]12CC[C@H](NC(=O)Cc3ccc(Cl)c(Cl)c3)C[C@]1(c1cccc(OC(C)=O)c1)CCN(CC1CC1)C2. The molecule has 0 bridgehead atoms. The van der Waals surface area contributed by atoms with Crippen LogP contribution in [0.25, 0.3) is 0 Å². The van der Waals surface area contributed by atoms with Crippen LogP contribution in [-0.2, 0) is 26.2 Å². The number of carbonyl (C=O) groups is 2. The van der Waals surface area contributed by atoms with Gasteiger partial charge in [0.15, 0.2) is 0 Å². The Morgan fingerprint density at radius 2 is 1.89 bits per heavy atom. The Balaban J connectivity index is 1.41. The Morgan fingerprint density at radius 1 is 1.08 bits per heavy atom. The maximum absolute atomic E-state index is 13.1. The van der Waals surface area contributed by atoms with Gasteiger partial charge in [-0.2, -0.15) is 0 Å². The summed E-state index contributed by atoms with van der Waals surface area (Å²) in [4.78, 5) is 27.4. The molecule has 1 heterocycles. The summed E-state index contributed by atoms with van der Waals surface area (Å²) in [6.07, 6.45) is 6.22. The summed E-state index contributed by atoms with van der Waals surface area (Å²) in [6.45, 7) is 4.38. The van der Waals surface area contributed by atoms with Crippen LogP contribution < -0.4 is 10.1 Å². The van der Waals surface area contributed by atoms with E-state index in [0.29, 0.717) is 15.8 Å². The molecule has 5 rings (SSSR count). The zero-order chi connectivity index (χ0) is 26.9. The summed E-state index contributed by atoms with van der Waals surface area (Å²) >= 11 is 12.2. The molecule has 204 valence electrons. The molecule has 2 aromatic rings. The van der Waals surface area contributed by atoms with Crippen LogP contribution in [-0.4, -0.2) is 55.2 Å². The first-order valence-corrected chi connectivity index (χ1v) is 14.3. The van der Waals surface area contributed by atoms with Crippen molar-refractivity contribution in [2.24, 2.45) is 5.92 Å². The van der Waals surface area contributed by atoms with Crippen molar-refractivity contribution in [1.82, 2.24) is 10.2 Å². The number of nitrogens with one attached hydrogen (secondary N) is 1. The van der Waals surface area contributed by atoms with Gasteiger partial charge in [0, 0.05) is 38.6 Å². The number of amides is 1. The summed E-state index contributed by atoms with van der Waals surface area (Å²) in [5.41, 5.74) is 1.22. The minimum absolute atomic E-state index is 0.000843. The molecule has 38 heavy (non-hydrogen) atoms. The standard InChI is InChI=1S/C30H36Cl2N2O4/c1-20(35)38-25-5-3-4-23(16-25)29-12-13-34(18-21-6-7-21)19-30(29,37-2)11-10-24(17-29)33-28(36)15-22-8-9-26(31)27(32)14-22/h3-5,8-9,14,16,21,24H,6-7,10-13,15,17-19H2,1-2H3,(H,33,36)/t24-,29-,30-/m0/s1. The predicted octanol–water partition coefficient (Wildman–Crippen LogP) is 5.57. The van der Waals surface area contributed by atoms with E-state index in [9.17, 15) is 9.59 Å². The third-order valence-electron chi connectivity index (χ3n) is 8.66. The van der Waals surface area contributed by atoms with Crippen LogP contribution in [0.5, 0.6) is 5.75 Å². The van der Waals surface area contributed by atoms with Crippen LogP contribution in [0.2, 0.25) is 10.0 Å². The summed E-state index contributed by atoms with van der Waals surface area (Å²) in [5.74, 6) is 0.975. The van der Waals surface area contributed by atoms with Crippen molar-refractivity contribution in [3.05, 3.63) is 63.6 Å². The Labute approximate surface area is 235 Å². The molecule has 3 atom stereocenters. The number of carbonyl (C=O) groups excluding carboxylic acids is 2. The van der Waals surface area contributed by atoms with Gasteiger partial charge in [0.2, 0.25) is 5.91 Å². The minimum Gasteiger partial charge on any atom is -0.427 e. The molecule has 3 fully saturated rings. The number of piperidine rings is 1. The van der Waals surface area contributed by atoms with Gasteiger partial charge in [-0.05, 0) is 86.4 Å². The fourth-order valence-corrected chi connectivity index (χ4v) is 6.99. The van der Waals surface area contributed by atoms with Gasteiger partial charge in [0.25, 0.3) is 0 Å². The van der Waals surface area contributed by atoms with Crippen LogP contribution in [0.4, 0.5) is 0 Å². The van der Waals surface area contributed by atoms with Crippen molar-refractivity contribution in [1.29, 1.82) is 0 Å². The Hall–Kier alpha value is -2.12. The molecular weight excluding hydrogens is 523 g/mol. The molecule has 2 saturated carbocycles. The molecule has 1 N–H and O–H groups in total. The first kappa shape index (κ1) is 27.4. The van der Waals surface area contributed by atoms with Crippen molar-refractivity contribution >= 4 is 35.1 Å². The van der Waals surface area contributed by atoms with Crippen molar-refractivity contribution in [3.63, 3.8) is 0 Å². The number of methoxy groups -OCH3 is 1. The lowest BCUT2D eigenvalue weighted by Crippen LogP contribution is -2.68. The second-order valence-electron chi connectivity index (χ2n) is 11.3. The number of benzene rings is 2. The highest BCUT2D eigenvalue weighted by Gasteiger charge is 2.59. The quantitative estimate of drug-likeness (QED) is 0.339. The number of rotatable bonds is 8. The third kappa shape index (κ3) is 5.74. The molecule has 8 heteroatoms. The van der Waals surface area contributed by atoms with E-state index in [-0.39, 0.29) is 35.4 Å². The van der Waals surface area contributed by atoms with Crippen LogP contribution in [0.3, 0.4) is 0 Å². The van der Waals surface area contributed by atoms with Gasteiger partial charge in [-0.3, -0.25) is 9.59 Å². The van der Waals surface area contributed by atoms with Gasteiger partial charge in [-0.1, -0.05) is 41.4 Å². The third-order valence-corrected chi connectivity index (χ3v) is 9.40. The molecule has 0 spiro atoms. The summed E-state index contributed by atoms with van der Waals surface area (Å²) in [7, 11) is 1.83. The van der Waals surface area contributed by atoms with E-state index in [2.05, 4.69) is 16.3 Å². The van der Waals surface area contributed by atoms with Crippen molar-refractivity contribution in [2.75, 3.05) is 26.7 Å². The van der Waals surface area contributed by atoms with Gasteiger partial charge < -0.3 is 19.7 Å². The molecule has 0 aromatic heterocycles. The van der Waals surface area contributed by atoms with Crippen molar-refractivity contribution < 1.29 is 19.1 Å². The molecule has 1 aliphatic heterocycles. The van der Waals surface area contributed by atoms with E-state index in [4.69, 9.17) is 32.7 Å². The van der Waals surface area contributed by atoms with E-state index in [1.54, 1.807) is 12.1 Å². The second-order valence-corrected chi connectivity index (χ2v) is 12.1. The molecule has 2 aliphatic carbocycles. The first-order chi connectivity index (χ1) is 18.2. The molecule has 6 nitrogen and oxygen atoms in total. The fourth-order valence-electron chi connectivity index (χ4n) is 6.67. The van der Waals surface area contributed by atoms with Crippen molar-refractivity contribution in [3.8, 4) is 5.75 Å². The number of nitrogens with zero attached hydrogens (tertiary/aromatic N) is 1. The van der Waals surface area contributed by atoms with E-state index < -0.39 is 0 Å². The van der Waals surface area contributed by atoms with Gasteiger partial charge >= 0.3 is 5.97 Å². The number of hydrogen-bond donors (Lipinski definition) is 1. The number of ether oxygens (including phenoxy) is 2.